The van der Waals surface area contributed by atoms with Crippen LogP contribution in [0.5, 0.6) is 0 Å². The molecule has 0 unspecified atom stereocenters. The first-order chi connectivity index (χ1) is 10.6. The lowest BCUT2D eigenvalue weighted by Crippen LogP contribution is -2.21. The molecule has 3 heterocycles. The Labute approximate surface area is 133 Å². The summed E-state index contributed by atoms with van der Waals surface area (Å²) in [4.78, 5) is 2.06. The van der Waals surface area contributed by atoms with Crippen molar-refractivity contribution in [3.8, 4) is 0 Å². The predicted molar refractivity (Wildman–Crippen MR) is 86.0 cm³/mol. The van der Waals surface area contributed by atoms with Gasteiger partial charge in [-0.15, -0.1) is 0 Å². The normalized spacial score (nSPS) is 11.1. The number of aromatic nitrogens is 6. The van der Waals surface area contributed by atoms with Gasteiger partial charge in [-0.1, -0.05) is 5.10 Å². The van der Waals surface area contributed by atoms with E-state index in [1.54, 1.807) is 11.3 Å². The number of tetrazole rings is 1. The van der Waals surface area contributed by atoms with Gasteiger partial charge in [0.15, 0.2) is 0 Å². The van der Waals surface area contributed by atoms with Gasteiger partial charge in [0.1, 0.15) is 0 Å². The van der Waals surface area contributed by atoms with Crippen molar-refractivity contribution in [1.82, 2.24) is 30.0 Å². The van der Waals surface area contributed by atoms with Crippen LogP contribution >= 0.6 is 11.3 Å². The first kappa shape index (κ1) is 14.7. The maximum Gasteiger partial charge on any atom is 0.245 e. The van der Waals surface area contributed by atoms with Gasteiger partial charge in [-0.05, 0) is 46.7 Å². The molecule has 0 spiro atoms. The number of nitrogens with zero attached hydrogens (tertiary/aromatic N) is 7. The maximum absolute atomic E-state index is 4.45. The van der Waals surface area contributed by atoms with E-state index in [4.69, 9.17) is 0 Å². The Balaban J connectivity index is 1.82. The quantitative estimate of drug-likeness (QED) is 0.717. The highest BCUT2D eigenvalue weighted by Gasteiger charge is 2.16. The van der Waals surface area contributed by atoms with E-state index < -0.39 is 0 Å². The monoisotopic (exact) mass is 317 g/mol. The highest BCUT2D eigenvalue weighted by atomic mass is 32.1. The molecule has 116 valence electrons. The van der Waals surface area contributed by atoms with Gasteiger partial charge in [0, 0.05) is 31.9 Å². The molecule has 7 nitrogen and oxygen atoms in total. The van der Waals surface area contributed by atoms with Crippen LogP contribution < -0.4 is 4.90 Å². The van der Waals surface area contributed by atoms with E-state index in [1.165, 1.54) is 11.1 Å². The second kappa shape index (κ2) is 5.88. The van der Waals surface area contributed by atoms with E-state index >= 15 is 0 Å². The summed E-state index contributed by atoms with van der Waals surface area (Å²) in [5.74, 6) is 0.758. The molecule has 0 aliphatic rings. The molecular formula is C14H19N7S. The molecule has 0 aromatic carbocycles. The van der Waals surface area contributed by atoms with E-state index in [2.05, 4.69) is 49.3 Å². The predicted octanol–water partition coefficient (Wildman–Crippen LogP) is 1.77. The Bertz CT molecular complexity index is 756. The van der Waals surface area contributed by atoms with Gasteiger partial charge in [0.25, 0.3) is 0 Å². The first-order valence-corrected chi connectivity index (χ1v) is 7.98. The number of rotatable bonds is 5. The summed E-state index contributed by atoms with van der Waals surface area (Å²) in [5.41, 5.74) is 4.58. The summed E-state index contributed by atoms with van der Waals surface area (Å²) in [6, 6.07) is 2.12. The third kappa shape index (κ3) is 2.74. The van der Waals surface area contributed by atoms with Crippen molar-refractivity contribution >= 4 is 17.3 Å². The molecule has 0 aliphatic carbocycles. The molecule has 3 rings (SSSR count). The van der Waals surface area contributed by atoms with Crippen LogP contribution in [-0.4, -0.2) is 37.0 Å². The number of thiophene rings is 1. The third-order valence-corrected chi connectivity index (χ3v) is 4.55. The standard InChI is InChI=1S/C14H19N7S/c1-10-13(11(2)20(4)16-10)8-21-14(15-17-18-21)19(3)7-12-5-6-22-9-12/h5-6,9H,7-8H2,1-4H3. The summed E-state index contributed by atoms with van der Waals surface area (Å²) in [6.45, 7) is 5.49. The molecule has 0 radical (unpaired) electrons. The molecule has 0 fully saturated rings. The molecule has 0 bridgehead atoms. The molecule has 0 atom stereocenters. The summed E-state index contributed by atoms with van der Waals surface area (Å²) in [7, 11) is 3.96. The van der Waals surface area contributed by atoms with Crippen LogP contribution in [0.3, 0.4) is 0 Å². The van der Waals surface area contributed by atoms with Crippen LogP contribution in [0.4, 0.5) is 5.95 Å². The van der Waals surface area contributed by atoms with Gasteiger partial charge in [0.05, 0.1) is 12.2 Å². The minimum atomic E-state index is 0.627. The summed E-state index contributed by atoms with van der Waals surface area (Å²) >= 11 is 1.70. The lowest BCUT2D eigenvalue weighted by Gasteiger charge is -2.17. The Kier molecular flexibility index (Phi) is 3.93. The molecule has 0 aliphatic heterocycles. The Hall–Kier alpha value is -2.22. The van der Waals surface area contributed by atoms with Crippen molar-refractivity contribution in [2.45, 2.75) is 26.9 Å². The minimum absolute atomic E-state index is 0.627. The molecule has 3 aromatic heterocycles. The average molecular weight is 317 g/mol. The fourth-order valence-corrected chi connectivity index (χ4v) is 3.16. The van der Waals surface area contributed by atoms with E-state index in [0.29, 0.717) is 6.54 Å². The second-order valence-corrected chi connectivity index (χ2v) is 6.18. The third-order valence-electron chi connectivity index (χ3n) is 3.82. The van der Waals surface area contributed by atoms with E-state index in [9.17, 15) is 0 Å². The number of hydrogen-bond donors (Lipinski definition) is 0. The van der Waals surface area contributed by atoms with Crippen LogP contribution in [0.15, 0.2) is 16.8 Å². The van der Waals surface area contributed by atoms with E-state index in [1.807, 2.05) is 30.4 Å². The summed E-state index contributed by atoms with van der Waals surface area (Å²) < 4.78 is 3.72. The highest BCUT2D eigenvalue weighted by Crippen LogP contribution is 2.18. The van der Waals surface area contributed by atoms with Gasteiger partial charge in [-0.25, -0.2) is 4.68 Å². The summed E-state index contributed by atoms with van der Waals surface area (Å²) in [6.07, 6.45) is 0. The number of anilines is 1. The molecule has 22 heavy (non-hydrogen) atoms. The van der Waals surface area contributed by atoms with Crippen molar-refractivity contribution in [3.05, 3.63) is 39.3 Å². The molecule has 0 amide bonds. The van der Waals surface area contributed by atoms with Crippen molar-refractivity contribution in [2.24, 2.45) is 7.05 Å². The van der Waals surface area contributed by atoms with Crippen LogP contribution in [-0.2, 0) is 20.1 Å². The lowest BCUT2D eigenvalue weighted by atomic mass is 10.2. The van der Waals surface area contributed by atoms with Gasteiger partial charge in [-0.2, -0.15) is 16.4 Å². The van der Waals surface area contributed by atoms with Crippen molar-refractivity contribution in [1.29, 1.82) is 0 Å². The van der Waals surface area contributed by atoms with Crippen LogP contribution in [0.2, 0.25) is 0 Å². The number of hydrogen-bond acceptors (Lipinski definition) is 6. The average Bonchev–Trinajstić information content (AvgIpc) is 3.18. The molecule has 8 heteroatoms. The van der Waals surface area contributed by atoms with E-state index in [0.717, 1.165) is 23.9 Å². The van der Waals surface area contributed by atoms with Crippen LogP contribution in [0.25, 0.3) is 0 Å². The van der Waals surface area contributed by atoms with Crippen molar-refractivity contribution in [2.75, 3.05) is 11.9 Å². The van der Waals surface area contributed by atoms with Crippen LogP contribution in [0.1, 0.15) is 22.5 Å². The van der Waals surface area contributed by atoms with Gasteiger partial charge in [-0.3, -0.25) is 4.68 Å². The zero-order chi connectivity index (χ0) is 15.7. The van der Waals surface area contributed by atoms with Crippen molar-refractivity contribution in [3.63, 3.8) is 0 Å². The lowest BCUT2D eigenvalue weighted by molar-refractivity contribution is 0.633. The van der Waals surface area contributed by atoms with Gasteiger partial charge < -0.3 is 4.90 Å². The number of aryl methyl sites for hydroxylation is 2. The molecule has 0 saturated carbocycles. The van der Waals surface area contributed by atoms with E-state index in [-0.39, 0.29) is 0 Å². The largest absolute Gasteiger partial charge is 0.338 e. The fraction of sp³-hybridized carbons (Fsp3) is 0.429. The van der Waals surface area contributed by atoms with Gasteiger partial charge in [0.2, 0.25) is 5.95 Å². The molecule has 0 saturated heterocycles. The van der Waals surface area contributed by atoms with Gasteiger partial charge >= 0.3 is 0 Å². The fourth-order valence-electron chi connectivity index (χ4n) is 2.50. The minimum Gasteiger partial charge on any atom is -0.338 e. The maximum atomic E-state index is 4.45. The molecular weight excluding hydrogens is 298 g/mol. The smallest absolute Gasteiger partial charge is 0.245 e. The highest BCUT2D eigenvalue weighted by molar-refractivity contribution is 7.07. The zero-order valence-electron chi connectivity index (χ0n) is 13.2. The SMILES string of the molecule is Cc1nn(C)c(C)c1Cn1nnnc1N(C)Cc1ccsc1. The Morgan fingerprint density at radius 1 is 1.32 bits per heavy atom. The second-order valence-electron chi connectivity index (χ2n) is 5.40. The van der Waals surface area contributed by atoms with Crippen molar-refractivity contribution < 1.29 is 0 Å². The summed E-state index contributed by atoms with van der Waals surface area (Å²) in [5, 5.41) is 20.8. The molecule has 0 N–H and O–H groups in total. The zero-order valence-corrected chi connectivity index (χ0v) is 14.0. The Morgan fingerprint density at radius 3 is 2.77 bits per heavy atom. The topological polar surface area (TPSA) is 64.7 Å². The Morgan fingerprint density at radius 2 is 2.14 bits per heavy atom. The first-order valence-electron chi connectivity index (χ1n) is 7.03. The van der Waals surface area contributed by atoms with Crippen LogP contribution in [0, 0.1) is 13.8 Å². The molecule has 3 aromatic rings.